The van der Waals surface area contributed by atoms with E-state index >= 15 is 0 Å². The Morgan fingerprint density at radius 1 is 0.952 bits per heavy atom. The van der Waals surface area contributed by atoms with Crippen LogP contribution in [0.5, 0.6) is 0 Å². The zero-order chi connectivity index (χ0) is 14.8. The molecule has 21 heavy (non-hydrogen) atoms. The molecule has 0 N–H and O–H groups in total. The van der Waals surface area contributed by atoms with Gasteiger partial charge >= 0.3 is 0 Å². The van der Waals surface area contributed by atoms with Crippen molar-refractivity contribution in [3.8, 4) is 10.6 Å². The van der Waals surface area contributed by atoms with Crippen molar-refractivity contribution >= 4 is 46.1 Å². The molecule has 2 aromatic carbocycles. The van der Waals surface area contributed by atoms with E-state index in [-0.39, 0.29) is 5.38 Å². The average molecular weight is 356 g/mol. The topological polar surface area (TPSA) is 25.8 Å². The van der Waals surface area contributed by atoms with Crippen LogP contribution in [0.4, 0.5) is 0 Å². The standard InChI is InChI=1S/C15H9Cl3N2S/c16-10-6-7-12(17)11(8-10)14-19-20-15(21-14)13(18)9-4-2-1-3-5-9/h1-8,13H. The van der Waals surface area contributed by atoms with Gasteiger partial charge in [0.25, 0.3) is 0 Å². The number of aromatic nitrogens is 2. The van der Waals surface area contributed by atoms with Crippen LogP contribution in [-0.4, -0.2) is 10.2 Å². The third-order valence-corrected chi connectivity index (χ3v) is 5.08. The molecule has 3 rings (SSSR count). The average Bonchev–Trinajstić information content (AvgIpc) is 2.99. The predicted molar refractivity (Wildman–Crippen MR) is 89.5 cm³/mol. The second-order valence-corrected chi connectivity index (χ2v) is 6.63. The largest absolute Gasteiger partial charge is 0.149 e. The summed E-state index contributed by atoms with van der Waals surface area (Å²) in [5, 5.41) is 10.7. The Hall–Kier alpha value is -1.13. The smallest absolute Gasteiger partial charge is 0.141 e. The van der Waals surface area contributed by atoms with E-state index in [2.05, 4.69) is 10.2 Å². The maximum absolute atomic E-state index is 6.45. The molecule has 0 bridgehead atoms. The second-order valence-electron chi connectivity index (χ2n) is 4.34. The van der Waals surface area contributed by atoms with Crippen molar-refractivity contribution < 1.29 is 0 Å². The Balaban J connectivity index is 1.95. The molecule has 1 heterocycles. The molecule has 3 aromatic rings. The van der Waals surface area contributed by atoms with E-state index in [1.165, 1.54) is 11.3 Å². The first kappa shape index (κ1) is 14.8. The Kier molecular flexibility index (Phi) is 4.45. The molecule has 1 atom stereocenters. The summed E-state index contributed by atoms with van der Waals surface area (Å²) >= 11 is 20.1. The Bertz CT molecular complexity index is 759. The van der Waals surface area contributed by atoms with E-state index in [1.807, 2.05) is 30.3 Å². The van der Waals surface area contributed by atoms with Crippen molar-refractivity contribution in [2.24, 2.45) is 0 Å². The molecule has 0 aliphatic rings. The fourth-order valence-electron chi connectivity index (χ4n) is 1.87. The quantitative estimate of drug-likeness (QED) is 0.551. The zero-order valence-electron chi connectivity index (χ0n) is 10.6. The second kappa shape index (κ2) is 6.32. The van der Waals surface area contributed by atoms with Gasteiger partial charge in [-0.25, -0.2) is 0 Å². The summed E-state index contributed by atoms with van der Waals surface area (Å²) in [6, 6.07) is 15.0. The van der Waals surface area contributed by atoms with Gasteiger partial charge in [-0.1, -0.05) is 64.9 Å². The van der Waals surface area contributed by atoms with Crippen molar-refractivity contribution in [1.29, 1.82) is 0 Å². The molecule has 0 fully saturated rings. The summed E-state index contributed by atoms with van der Waals surface area (Å²) in [5.74, 6) is 0. The highest BCUT2D eigenvalue weighted by atomic mass is 35.5. The van der Waals surface area contributed by atoms with Gasteiger partial charge in [0, 0.05) is 10.6 Å². The highest BCUT2D eigenvalue weighted by Gasteiger charge is 2.18. The summed E-state index contributed by atoms with van der Waals surface area (Å²) in [7, 11) is 0. The van der Waals surface area contributed by atoms with Gasteiger partial charge in [-0.2, -0.15) is 0 Å². The number of rotatable bonds is 3. The Morgan fingerprint density at radius 3 is 2.48 bits per heavy atom. The van der Waals surface area contributed by atoms with Crippen molar-refractivity contribution in [1.82, 2.24) is 10.2 Å². The van der Waals surface area contributed by atoms with Crippen molar-refractivity contribution in [2.75, 3.05) is 0 Å². The first-order chi connectivity index (χ1) is 10.1. The van der Waals surface area contributed by atoms with Crippen LogP contribution >= 0.6 is 46.1 Å². The predicted octanol–water partition coefficient (Wildman–Crippen LogP) is 5.84. The van der Waals surface area contributed by atoms with Gasteiger partial charge in [0.1, 0.15) is 15.4 Å². The van der Waals surface area contributed by atoms with Crippen molar-refractivity contribution in [3.63, 3.8) is 0 Å². The van der Waals surface area contributed by atoms with Crippen molar-refractivity contribution in [2.45, 2.75) is 5.38 Å². The number of alkyl halides is 1. The van der Waals surface area contributed by atoms with E-state index in [9.17, 15) is 0 Å². The van der Waals surface area contributed by atoms with Crippen LogP contribution in [0.1, 0.15) is 15.9 Å². The lowest BCUT2D eigenvalue weighted by Gasteiger charge is -2.04. The molecule has 1 aromatic heterocycles. The van der Waals surface area contributed by atoms with Gasteiger partial charge in [-0.05, 0) is 23.8 Å². The molecule has 0 spiro atoms. The van der Waals surface area contributed by atoms with E-state index < -0.39 is 0 Å². The molecule has 1 unspecified atom stereocenters. The minimum Gasteiger partial charge on any atom is -0.141 e. The summed E-state index contributed by atoms with van der Waals surface area (Å²) in [6.45, 7) is 0. The highest BCUT2D eigenvalue weighted by Crippen LogP contribution is 2.37. The van der Waals surface area contributed by atoms with Gasteiger partial charge in [-0.15, -0.1) is 21.8 Å². The third kappa shape index (κ3) is 3.22. The number of halogens is 3. The van der Waals surface area contributed by atoms with Crippen LogP contribution in [0.25, 0.3) is 10.6 Å². The lowest BCUT2D eigenvalue weighted by atomic mass is 10.1. The molecule has 0 radical (unpaired) electrons. The molecule has 0 aliphatic carbocycles. The van der Waals surface area contributed by atoms with E-state index in [0.717, 1.165) is 16.1 Å². The van der Waals surface area contributed by atoms with Gasteiger partial charge in [-0.3, -0.25) is 0 Å². The van der Waals surface area contributed by atoms with E-state index in [4.69, 9.17) is 34.8 Å². The van der Waals surface area contributed by atoms with Crippen LogP contribution < -0.4 is 0 Å². The molecule has 0 amide bonds. The minimum atomic E-state index is -0.324. The fraction of sp³-hybridized carbons (Fsp3) is 0.0667. The molecular formula is C15H9Cl3N2S. The van der Waals surface area contributed by atoms with Crippen LogP contribution in [0, 0.1) is 0 Å². The van der Waals surface area contributed by atoms with Gasteiger partial charge in [0.15, 0.2) is 0 Å². The minimum absolute atomic E-state index is 0.324. The molecular weight excluding hydrogens is 347 g/mol. The maximum atomic E-state index is 6.45. The number of nitrogens with zero attached hydrogens (tertiary/aromatic N) is 2. The maximum Gasteiger partial charge on any atom is 0.149 e. The fourth-order valence-corrected chi connectivity index (χ4v) is 3.51. The van der Waals surface area contributed by atoms with Crippen LogP contribution in [0.3, 0.4) is 0 Å². The zero-order valence-corrected chi connectivity index (χ0v) is 13.7. The number of hydrogen-bond donors (Lipinski definition) is 0. The SMILES string of the molecule is Clc1ccc(Cl)c(-c2nnc(C(Cl)c3ccccc3)s2)c1. The van der Waals surface area contributed by atoms with Gasteiger partial charge in [0.2, 0.25) is 0 Å². The third-order valence-electron chi connectivity index (χ3n) is 2.91. The molecule has 0 aliphatic heterocycles. The summed E-state index contributed by atoms with van der Waals surface area (Å²) in [6.07, 6.45) is 0. The van der Waals surface area contributed by atoms with Crippen LogP contribution in [0.2, 0.25) is 10.0 Å². The first-order valence-electron chi connectivity index (χ1n) is 6.13. The molecule has 106 valence electrons. The lowest BCUT2D eigenvalue weighted by Crippen LogP contribution is -1.91. The first-order valence-corrected chi connectivity index (χ1v) is 8.14. The van der Waals surface area contributed by atoms with E-state index in [0.29, 0.717) is 15.1 Å². The van der Waals surface area contributed by atoms with Gasteiger partial charge < -0.3 is 0 Å². The Labute approximate surface area is 141 Å². The summed E-state index contributed by atoms with van der Waals surface area (Å²) < 4.78 is 0. The molecule has 0 saturated carbocycles. The van der Waals surface area contributed by atoms with Crippen LogP contribution in [-0.2, 0) is 0 Å². The highest BCUT2D eigenvalue weighted by molar-refractivity contribution is 7.15. The van der Waals surface area contributed by atoms with Crippen LogP contribution in [0.15, 0.2) is 48.5 Å². The van der Waals surface area contributed by atoms with Gasteiger partial charge in [0.05, 0.1) is 5.02 Å². The summed E-state index contributed by atoms with van der Waals surface area (Å²) in [4.78, 5) is 0. The van der Waals surface area contributed by atoms with Crippen molar-refractivity contribution in [3.05, 3.63) is 69.1 Å². The molecule has 2 nitrogen and oxygen atoms in total. The lowest BCUT2D eigenvalue weighted by molar-refractivity contribution is 0.988. The number of hydrogen-bond acceptors (Lipinski definition) is 3. The number of benzene rings is 2. The molecule has 6 heteroatoms. The Morgan fingerprint density at radius 2 is 1.71 bits per heavy atom. The summed E-state index contributed by atoms with van der Waals surface area (Å²) in [5.41, 5.74) is 1.75. The monoisotopic (exact) mass is 354 g/mol. The normalized spacial score (nSPS) is 12.3. The molecule has 0 saturated heterocycles. The van der Waals surface area contributed by atoms with E-state index in [1.54, 1.807) is 18.2 Å².